The average molecular weight is 326 g/mol. The number of likely N-dealkylation sites (tertiary alicyclic amines) is 1. The Bertz CT molecular complexity index is 703. The number of aromatic nitrogens is 2. The second-order valence-corrected chi connectivity index (χ2v) is 7.07. The maximum absolute atomic E-state index is 10.6. The molecule has 0 amide bonds. The van der Waals surface area contributed by atoms with Crippen LogP contribution in [0.3, 0.4) is 0 Å². The molecule has 5 nitrogen and oxygen atoms in total. The van der Waals surface area contributed by atoms with Crippen LogP contribution in [0.15, 0.2) is 30.5 Å². The highest BCUT2D eigenvalue weighted by molar-refractivity contribution is 5.27. The summed E-state index contributed by atoms with van der Waals surface area (Å²) in [6, 6.07) is 8.63. The van der Waals surface area contributed by atoms with Crippen LogP contribution >= 0.6 is 0 Å². The first-order valence-electron chi connectivity index (χ1n) is 8.94. The van der Waals surface area contributed by atoms with Crippen molar-refractivity contribution >= 4 is 0 Å². The summed E-state index contributed by atoms with van der Waals surface area (Å²) in [5.74, 6) is 0. The van der Waals surface area contributed by atoms with Crippen molar-refractivity contribution in [1.29, 1.82) is 0 Å². The zero-order chi connectivity index (χ0) is 16.5. The van der Waals surface area contributed by atoms with Gasteiger partial charge in [0, 0.05) is 38.3 Å². The van der Waals surface area contributed by atoms with Crippen LogP contribution in [0.25, 0.3) is 0 Å². The number of hydrogen-bond acceptors (Lipinski definition) is 4. The number of rotatable bonds is 4. The Balaban J connectivity index is 1.35. The van der Waals surface area contributed by atoms with Crippen molar-refractivity contribution in [2.75, 3.05) is 19.6 Å². The van der Waals surface area contributed by atoms with Gasteiger partial charge in [0.2, 0.25) is 0 Å². The van der Waals surface area contributed by atoms with Crippen molar-refractivity contribution in [2.45, 2.75) is 45.0 Å². The monoisotopic (exact) mass is 326 g/mol. The number of nitrogens with one attached hydrogen (secondary N) is 1. The van der Waals surface area contributed by atoms with E-state index in [9.17, 15) is 5.11 Å². The molecule has 0 aliphatic carbocycles. The van der Waals surface area contributed by atoms with Gasteiger partial charge in [-0.15, -0.1) is 0 Å². The van der Waals surface area contributed by atoms with Crippen LogP contribution in [0, 0.1) is 6.92 Å². The quantitative estimate of drug-likeness (QED) is 0.904. The molecule has 1 atom stereocenters. The lowest BCUT2D eigenvalue weighted by atomic mass is 10.0. The molecule has 2 aliphatic heterocycles. The molecule has 4 rings (SSSR count). The highest BCUT2D eigenvalue weighted by atomic mass is 16.3. The third-order valence-corrected chi connectivity index (χ3v) is 5.47. The number of hydrogen-bond donors (Lipinski definition) is 2. The Kier molecular flexibility index (Phi) is 4.39. The smallest absolute Gasteiger partial charge is 0.0919 e. The minimum atomic E-state index is -0.402. The predicted octanol–water partition coefficient (Wildman–Crippen LogP) is 2.17. The predicted molar refractivity (Wildman–Crippen MR) is 93.6 cm³/mol. The standard InChI is InChI=1S/C19H26N4O/c1-14-4-2-3-5-17(14)19(24)13-22-8-6-16(7-9-22)23-18-12-20-10-15(18)11-21-23/h2-5,11,16,19-20,24H,6-10,12-13H2,1H3. The van der Waals surface area contributed by atoms with Crippen molar-refractivity contribution in [3.05, 3.63) is 52.8 Å². The van der Waals surface area contributed by atoms with Crippen LogP contribution in [0.1, 0.15) is 47.4 Å². The molecule has 24 heavy (non-hydrogen) atoms. The SMILES string of the molecule is Cc1ccccc1C(O)CN1CCC(n2ncc3c2CNC3)CC1. The van der Waals surface area contributed by atoms with Gasteiger partial charge in [-0.25, -0.2) is 0 Å². The maximum atomic E-state index is 10.6. The summed E-state index contributed by atoms with van der Waals surface area (Å²) in [7, 11) is 0. The normalized spacial score (nSPS) is 20.2. The summed E-state index contributed by atoms with van der Waals surface area (Å²) in [6.45, 7) is 6.73. The van der Waals surface area contributed by atoms with E-state index in [1.165, 1.54) is 16.8 Å². The highest BCUT2D eigenvalue weighted by Gasteiger charge is 2.26. The van der Waals surface area contributed by atoms with Gasteiger partial charge in [0.1, 0.15) is 0 Å². The van der Waals surface area contributed by atoms with Crippen molar-refractivity contribution in [3.8, 4) is 0 Å². The van der Waals surface area contributed by atoms with Crippen molar-refractivity contribution in [3.63, 3.8) is 0 Å². The molecule has 0 spiro atoms. The van der Waals surface area contributed by atoms with Crippen LogP contribution in [0.2, 0.25) is 0 Å². The van der Waals surface area contributed by atoms with Gasteiger partial charge in [0.15, 0.2) is 0 Å². The molecule has 1 aromatic carbocycles. The fourth-order valence-electron chi connectivity index (χ4n) is 4.05. The maximum Gasteiger partial charge on any atom is 0.0919 e. The van der Waals surface area contributed by atoms with E-state index in [1.807, 2.05) is 24.4 Å². The summed E-state index contributed by atoms with van der Waals surface area (Å²) < 4.78 is 2.24. The number of piperidine rings is 1. The number of aryl methyl sites for hydroxylation is 1. The molecule has 1 aromatic heterocycles. The summed E-state index contributed by atoms with van der Waals surface area (Å²) in [6.07, 6.45) is 3.83. The molecule has 3 heterocycles. The Morgan fingerprint density at radius 1 is 1.25 bits per heavy atom. The van der Waals surface area contributed by atoms with E-state index in [0.29, 0.717) is 6.04 Å². The molecule has 1 saturated heterocycles. The summed E-state index contributed by atoms with van der Waals surface area (Å²) >= 11 is 0. The van der Waals surface area contributed by atoms with E-state index in [0.717, 1.165) is 51.1 Å². The van der Waals surface area contributed by atoms with Gasteiger partial charge in [-0.2, -0.15) is 5.10 Å². The zero-order valence-corrected chi connectivity index (χ0v) is 14.3. The number of benzene rings is 1. The topological polar surface area (TPSA) is 53.3 Å². The molecule has 2 N–H and O–H groups in total. The minimum Gasteiger partial charge on any atom is -0.387 e. The van der Waals surface area contributed by atoms with Gasteiger partial charge in [0.25, 0.3) is 0 Å². The van der Waals surface area contributed by atoms with Gasteiger partial charge in [-0.05, 0) is 30.9 Å². The Hall–Kier alpha value is -1.69. The number of aliphatic hydroxyl groups is 1. The van der Waals surface area contributed by atoms with Crippen molar-refractivity contribution < 1.29 is 5.11 Å². The minimum absolute atomic E-state index is 0.402. The Morgan fingerprint density at radius 3 is 2.83 bits per heavy atom. The summed E-state index contributed by atoms with van der Waals surface area (Å²) in [5, 5.41) is 18.6. The Labute approximate surface area is 143 Å². The molecule has 5 heteroatoms. The van der Waals surface area contributed by atoms with Crippen LogP contribution in [-0.2, 0) is 13.1 Å². The van der Waals surface area contributed by atoms with Gasteiger partial charge in [0.05, 0.1) is 24.0 Å². The van der Waals surface area contributed by atoms with E-state index < -0.39 is 6.10 Å². The molecule has 0 radical (unpaired) electrons. The van der Waals surface area contributed by atoms with E-state index in [-0.39, 0.29) is 0 Å². The number of β-amino-alcohol motifs (C(OH)–C–C–N with tert-alkyl or cyclic N) is 1. The second kappa shape index (κ2) is 6.67. The van der Waals surface area contributed by atoms with Gasteiger partial charge >= 0.3 is 0 Å². The van der Waals surface area contributed by atoms with E-state index in [1.54, 1.807) is 0 Å². The summed E-state index contributed by atoms with van der Waals surface area (Å²) in [4.78, 5) is 2.38. The van der Waals surface area contributed by atoms with Crippen molar-refractivity contribution in [1.82, 2.24) is 20.0 Å². The lowest BCUT2D eigenvalue weighted by molar-refractivity contribution is 0.0882. The summed E-state index contributed by atoms with van der Waals surface area (Å²) in [5.41, 5.74) is 4.94. The largest absolute Gasteiger partial charge is 0.387 e. The number of nitrogens with zero attached hydrogens (tertiary/aromatic N) is 3. The van der Waals surface area contributed by atoms with Crippen LogP contribution in [-0.4, -0.2) is 39.4 Å². The van der Waals surface area contributed by atoms with Gasteiger partial charge in [-0.3, -0.25) is 4.68 Å². The van der Waals surface area contributed by atoms with Crippen molar-refractivity contribution in [2.24, 2.45) is 0 Å². The molecular formula is C19H26N4O. The zero-order valence-electron chi connectivity index (χ0n) is 14.3. The lowest BCUT2D eigenvalue weighted by Gasteiger charge is -2.34. The first-order chi connectivity index (χ1) is 11.7. The van der Waals surface area contributed by atoms with E-state index >= 15 is 0 Å². The first kappa shape index (κ1) is 15.8. The molecular weight excluding hydrogens is 300 g/mol. The Morgan fingerprint density at radius 2 is 2.04 bits per heavy atom. The fourth-order valence-corrected chi connectivity index (χ4v) is 4.05. The second-order valence-electron chi connectivity index (χ2n) is 7.07. The molecule has 0 bridgehead atoms. The molecule has 1 fully saturated rings. The molecule has 2 aromatic rings. The fraction of sp³-hybridized carbons (Fsp3) is 0.526. The van der Waals surface area contributed by atoms with E-state index in [4.69, 9.17) is 0 Å². The van der Waals surface area contributed by atoms with E-state index in [2.05, 4.69) is 33.0 Å². The van der Waals surface area contributed by atoms with Crippen LogP contribution < -0.4 is 5.32 Å². The third kappa shape index (κ3) is 2.99. The lowest BCUT2D eigenvalue weighted by Crippen LogP contribution is -2.38. The van der Waals surface area contributed by atoms with Gasteiger partial charge < -0.3 is 15.3 Å². The van der Waals surface area contributed by atoms with Crippen LogP contribution in [0.4, 0.5) is 0 Å². The van der Waals surface area contributed by atoms with Crippen LogP contribution in [0.5, 0.6) is 0 Å². The number of fused-ring (bicyclic) bond motifs is 1. The van der Waals surface area contributed by atoms with Gasteiger partial charge in [-0.1, -0.05) is 24.3 Å². The molecule has 1 unspecified atom stereocenters. The third-order valence-electron chi connectivity index (χ3n) is 5.47. The first-order valence-corrected chi connectivity index (χ1v) is 8.94. The molecule has 0 saturated carbocycles. The molecule has 2 aliphatic rings. The average Bonchev–Trinajstić information content (AvgIpc) is 3.19. The number of aliphatic hydroxyl groups excluding tert-OH is 1. The highest BCUT2D eigenvalue weighted by Crippen LogP contribution is 2.28. The molecule has 128 valence electrons.